The van der Waals surface area contributed by atoms with E-state index in [0.717, 1.165) is 22.9 Å². The summed E-state index contributed by atoms with van der Waals surface area (Å²) < 4.78 is 7.71. The quantitative estimate of drug-likeness (QED) is 0.444. The Hall–Kier alpha value is -3.16. The summed E-state index contributed by atoms with van der Waals surface area (Å²) in [6.45, 7) is 0. The van der Waals surface area contributed by atoms with Gasteiger partial charge in [0.05, 0.1) is 32.2 Å². The molecule has 0 fully saturated rings. The number of imidazole rings is 2. The molecule has 2 heterocycles. The Bertz CT molecular complexity index is 882. The van der Waals surface area contributed by atoms with Crippen molar-refractivity contribution in [2.45, 2.75) is 0 Å². The van der Waals surface area contributed by atoms with E-state index in [1.165, 1.54) is 0 Å². The van der Waals surface area contributed by atoms with E-state index < -0.39 is 0 Å². The normalized spacial score (nSPS) is 11.2. The number of rotatable bonds is 4. The van der Waals surface area contributed by atoms with Crippen molar-refractivity contribution in [2.24, 2.45) is 43.5 Å². The molecule has 0 unspecified atom stereocenters. The highest BCUT2D eigenvalue weighted by Gasteiger charge is 2.10. The van der Waals surface area contributed by atoms with Gasteiger partial charge in [0.2, 0.25) is 5.62 Å². The van der Waals surface area contributed by atoms with E-state index in [1.54, 1.807) is 0 Å². The molecule has 124 valence electrons. The first kappa shape index (κ1) is 15.7. The van der Waals surface area contributed by atoms with Gasteiger partial charge in [-0.2, -0.15) is 0 Å². The number of nitrogens with one attached hydrogen (secondary N) is 1. The first-order valence-corrected chi connectivity index (χ1v) is 7.55. The molecule has 1 aromatic carbocycles. The summed E-state index contributed by atoms with van der Waals surface area (Å²) in [5, 5.41) is 12.9. The number of hydrogen-bond acceptors (Lipinski definition) is 4. The SMILES string of the molecule is Cn1cc[n+](C)c1N=Nc1ccc(NN=c2n(C)ccn2C)cc1. The lowest BCUT2D eigenvalue weighted by molar-refractivity contribution is -0.657. The van der Waals surface area contributed by atoms with Crippen LogP contribution in [-0.4, -0.2) is 13.7 Å². The maximum absolute atomic E-state index is 4.39. The molecular formula is C16H21N8+. The van der Waals surface area contributed by atoms with Gasteiger partial charge in [0.1, 0.15) is 5.69 Å². The van der Waals surface area contributed by atoms with Crippen LogP contribution in [-0.2, 0) is 28.2 Å². The largest absolute Gasteiger partial charge is 0.421 e. The molecule has 0 atom stereocenters. The number of aryl methyl sites for hydroxylation is 4. The lowest BCUT2D eigenvalue weighted by Crippen LogP contribution is -2.25. The van der Waals surface area contributed by atoms with Crippen LogP contribution in [0.4, 0.5) is 17.3 Å². The third kappa shape index (κ3) is 3.27. The molecule has 0 amide bonds. The van der Waals surface area contributed by atoms with E-state index >= 15 is 0 Å². The third-order valence-electron chi connectivity index (χ3n) is 3.70. The maximum Gasteiger partial charge on any atom is 0.421 e. The summed E-state index contributed by atoms with van der Waals surface area (Å²) in [5.41, 5.74) is 5.55. The molecule has 3 rings (SSSR count). The molecule has 0 saturated carbocycles. The number of benzene rings is 1. The van der Waals surface area contributed by atoms with Crippen LogP contribution in [0.5, 0.6) is 0 Å². The number of anilines is 1. The highest BCUT2D eigenvalue weighted by Crippen LogP contribution is 2.18. The molecule has 1 N–H and O–H groups in total. The Labute approximate surface area is 140 Å². The zero-order valence-corrected chi connectivity index (χ0v) is 14.2. The Balaban J connectivity index is 1.73. The van der Waals surface area contributed by atoms with Crippen molar-refractivity contribution in [3.05, 3.63) is 54.7 Å². The van der Waals surface area contributed by atoms with Crippen molar-refractivity contribution >= 4 is 17.3 Å². The molecule has 0 saturated heterocycles. The average molecular weight is 325 g/mol. The van der Waals surface area contributed by atoms with Crippen LogP contribution in [0.15, 0.2) is 64.4 Å². The zero-order chi connectivity index (χ0) is 17.1. The number of nitrogens with zero attached hydrogens (tertiary/aromatic N) is 7. The van der Waals surface area contributed by atoms with Crippen molar-refractivity contribution < 1.29 is 4.57 Å². The summed E-state index contributed by atoms with van der Waals surface area (Å²) in [5.74, 6) is 0.781. The predicted molar refractivity (Wildman–Crippen MR) is 90.8 cm³/mol. The zero-order valence-electron chi connectivity index (χ0n) is 14.2. The van der Waals surface area contributed by atoms with Crippen LogP contribution in [0.3, 0.4) is 0 Å². The predicted octanol–water partition coefficient (Wildman–Crippen LogP) is 1.87. The second-order valence-corrected chi connectivity index (χ2v) is 5.61. The first-order chi connectivity index (χ1) is 11.5. The van der Waals surface area contributed by atoms with Gasteiger partial charge in [0.15, 0.2) is 0 Å². The molecule has 0 spiro atoms. The van der Waals surface area contributed by atoms with E-state index in [-0.39, 0.29) is 0 Å². The lowest BCUT2D eigenvalue weighted by Gasteiger charge is -2.00. The van der Waals surface area contributed by atoms with Crippen LogP contribution in [0.25, 0.3) is 0 Å². The molecule has 3 aromatic rings. The number of hydrogen-bond donors (Lipinski definition) is 1. The topological polar surface area (TPSA) is 67.8 Å². The lowest BCUT2D eigenvalue weighted by atomic mass is 10.3. The molecule has 0 aliphatic carbocycles. The number of azo groups is 1. The van der Waals surface area contributed by atoms with Crippen LogP contribution in [0.2, 0.25) is 0 Å². The molecule has 0 radical (unpaired) electrons. The number of aromatic nitrogens is 4. The third-order valence-corrected chi connectivity index (χ3v) is 3.70. The van der Waals surface area contributed by atoms with Crippen LogP contribution >= 0.6 is 0 Å². The standard InChI is InChI=1S/C16H20N8/c1-21-9-10-22(2)15(21)19-17-13-5-7-14(8-6-13)18-20-16-23(3)11-12-24(16)4/h5-12H,1-4H3/p+1. The highest BCUT2D eigenvalue weighted by molar-refractivity contribution is 5.50. The Morgan fingerprint density at radius 3 is 2.12 bits per heavy atom. The smallest absolute Gasteiger partial charge is 0.319 e. The van der Waals surface area contributed by atoms with Crippen LogP contribution < -0.4 is 15.6 Å². The van der Waals surface area contributed by atoms with Gasteiger partial charge < -0.3 is 9.13 Å². The van der Waals surface area contributed by atoms with Crippen molar-refractivity contribution in [1.82, 2.24) is 13.7 Å². The Morgan fingerprint density at radius 1 is 0.875 bits per heavy atom. The highest BCUT2D eigenvalue weighted by atomic mass is 15.3. The summed E-state index contributed by atoms with van der Waals surface area (Å²) in [7, 11) is 7.78. The van der Waals surface area contributed by atoms with Crippen molar-refractivity contribution in [1.29, 1.82) is 0 Å². The van der Waals surface area contributed by atoms with Gasteiger partial charge in [0.25, 0.3) is 0 Å². The monoisotopic (exact) mass is 325 g/mol. The molecule has 8 nitrogen and oxygen atoms in total. The second-order valence-electron chi connectivity index (χ2n) is 5.61. The molecular weight excluding hydrogens is 304 g/mol. The minimum absolute atomic E-state index is 0.781. The van der Waals surface area contributed by atoms with Gasteiger partial charge >= 0.3 is 5.95 Å². The fraction of sp³-hybridized carbons (Fsp3) is 0.250. The summed E-state index contributed by atoms with van der Waals surface area (Å²) >= 11 is 0. The van der Waals surface area contributed by atoms with Crippen molar-refractivity contribution in [3.8, 4) is 0 Å². The molecule has 24 heavy (non-hydrogen) atoms. The van der Waals surface area contributed by atoms with Gasteiger partial charge in [-0.15, -0.1) is 5.10 Å². The van der Waals surface area contributed by atoms with E-state index in [2.05, 4.69) is 20.8 Å². The minimum Gasteiger partial charge on any atom is -0.319 e. The van der Waals surface area contributed by atoms with E-state index in [0.29, 0.717) is 0 Å². The molecule has 0 bridgehead atoms. The Morgan fingerprint density at radius 2 is 1.54 bits per heavy atom. The summed E-state index contributed by atoms with van der Waals surface area (Å²) in [6, 6.07) is 7.64. The maximum atomic E-state index is 4.39. The molecule has 2 aromatic heterocycles. The average Bonchev–Trinajstić information content (AvgIpc) is 3.07. The van der Waals surface area contributed by atoms with Crippen LogP contribution in [0.1, 0.15) is 0 Å². The van der Waals surface area contributed by atoms with E-state index in [9.17, 15) is 0 Å². The van der Waals surface area contributed by atoms with Crippen molar-refractivity contribution in [2.75, 3.05) is 5.43 Å². The molecule has 0 aliphatic heterocycles. The van der Waals surface area contributed by atoms with Gasteiger partial charge in [-0.05, 0) is 24.3 Å². The second kappa shape index (κ2) is 6.53. The summed E-state index contributed by atoms with van der Waals surface area (Å²) in [6.07, 6.45) is 7.78. The fourth-order valence-electron chi connectivity index (χ4n) is 2.28. The van der Waals surface area contributed by atoms with Gasteiger partial charge in [-0.3, -0.25) is 5.43 Å². The van der Waals surface area contributed by atoms with Crippen LogP contribution in [0, 0.1) is 0 Å². The van der Waals surface area contributed by atoms with Gasteiger partial charge in [0, 0.05) is 31.6 Å². The minimum atomic E-state index is 0.781. The summed E-state index contributed by atoms with van der Waals surface area (Å²) in [4.78, 5) is 0. The molecule has 0 aliphatic rings. The fourth-order valence-corrected chi connectivity index (χ4v) is 2.28. The first-order valence-electron chi connectivity index (χ1n) is 7.55. The van der Waals surface area contributed by atoms with Crippen molar-refractivity contribution in [3.63, 3.8) is 0 Å². The molecule has 8 heteroatoms. The van der Waals surface area contributed by atoms with Gasteiger partial charge in [-0.25, -0.2) is 9.13 Å². The van der Waals surface area contributed by atoms with E-state index in [1.807, 2.05) is 95.5 Å². The van der Waals surface area contributed by atoms with E-state index in [4.69, 9.17) is 0 Å². The van der Waals surface area contributed by atoms with Gasteiger partial charge in [-0.1, -0.05) is 5.11 Å². The Kier molecular flexibility index (Phi) is 4.28.